The van der Waals surface area contributed by atoms with Crippen LogP contribution in [-0.2, 0) is 14.6 Å². The van der Waals surface area contributed by atoms with Crippen molar-refractivity contribution in [1.29, 1.82) is 0 Å². The molecule has 0 saturated carbocycles. The number of benzene rings is 3. The number of fused-ring (bicyclic) bond motifs is 1. The predicted octanol–water partition coefficient (Wildman–Crippen LogP) is 5.11. The molecule has 0 aliphatic heterocycles. The van der Waals surface area contributed by atoms with Gasteiger partial charge in [0.2, 0.25) is 15.7 Å². The summed E-state index contributed by atoms with van der Waals surface area (Å²) >= 11 is 9.41. The van der Waals surface area contributed by atoms with E-state index in [1.807, 2.05) is 24.3 Å². The van der Waals surface area contributed by atoms with Gasteiger partial charge in [0.05, 0.1) is 34.5 Å². The van der Waals surface area contributed by atoms with Gasteiger partial charge in [-0.3, -0.25) is 4.79 Å². The number of amides is 1. The maximum Gasteiger partial charge on any atom is 0.239 e. The van der Waals surface area contributed by atoms with E-state index in [1.165, 1.54) is 31.4 Å². The summed E-state index contributed by atoms with van der Waals surface area (Å²) in [7, 11) is -2.50. The van der Waals surface area contributed by atoms with Gasteiger partial charge in [0.25, 0.3) is 0 Å². The third kappa shape index (κ3) is 6.07. The first-order valence-corrected chi connectivity index (χ1v) is 14.2. The first-order chi connectivity index (χ1) is 16.9. The molecule has 3 aromatic carbocycles. The van der Waals surface area contributed by atoms with E-state index in [4.69, 9.17) is 16.3 Å². The number of para-hydroxylation sites is 1. The van der Waals surface area contributed by atoms with E-state index >= 15 is 0 Å². The molecule has 4 rings (SSSR count). The Bertz CT molecular complexity index is 1410. The van der Waals surface area contributed by atoms with Gasteiger partial charge in [0.15, 0.2) is 10.1 Å². The number of nitrogens with one attached hydrogen (secondary N) is 2. The minimum absolute atomic E-state index is 0.0751. The lowest BCUT2D eigenvalue weighted by atomic mass is 10.3. The fourth-order valence-electron chi connectivity index (χ4n) is 3.32. The van der Waals surface area contributed by atoms with Gasteiger partial charge in [-0.15, -0.1) is 11.3 Å². The third-order valence-electron chi connectivity index (χ3n) is 4.93. The van der Waals surface area contributed by atoms with Crippen LogP contribution in [-0.4, -0.2) is 45.3 Å². The SMILES string of the molecule is COc1c(NCC(=O)NCCSc2nc3ccccc3s2)cc(Cl)cc1S(=O)(=O)c1ccccc1. The highest BCUT2D eigenvalue weighted by molar-refractivity contribution is 8.01. The molecule has 1 heterocycles. The van der Waals surface area contributed by atoms with Crippen LogP contribution in [0.5, 0.6) is 5.75 Å². The molecule has 0 radical (unpaired) electrons. The number of carbonyl (C=O) groups excluding carboxylic acids is 1. The van der Waals surface area contributed by atoms with Crippen LogP contribution in [0.3, 0.4) is 0 Å². The van der Waals surface area contributed by atoms with Gasteiger partial charge in [0.1, 0.15) is 4.90 Å². The summed E-state index contributed by atoms with van der Waals surface area (Å²) in [6, 6.07) is 18.8. The molecule has 11 heteroatoms. The monoisotopic (exact) mass is 547 g/mol. The fourth-order valence-corrected chi connectivity index (χ4v) is 7.08. The number of hydrogen-bond donors (Lipinski definition) is 2. The second-order valence-electron chi connectivity index (χ2n) is 7.30. The van der Waals surface area contributed by atoms with E-state index in [9.17, 15) is 13.2 Å². The normalized spacial score (nSPS) is 11.4. The molecule has 0 atom stereocenters. The zero-order valence-electron chi connectivity index (χ0n) is 18.7. The lowest BCUT2D eigenvalue weighted by molar-refractivity contribution is -0.119. The van der Waals surface area contributed by atoms with Crippen molar-refractivity contribution < 1.29 is 17.9 Å². The van der Waals surface area contributed by atoms with Crippen molar-refractivity contribution in [3.05, 3.63) is 71.8 Å². The van der Waals surface area contributed by atoms with Crippen LogP contribution in [0.1, 0.15) is 0 Å². The number of methoxy groups -OCH3 is 1. The number of thioether (sulfide) groups is 1. The lowest BCUT2D eigenvalue weighted by Gasteiger charge is -2.16. The van der Waals surface area contributed by atoms with Crippen molar-refractivity contribution >= 4 is 66.3 Å². The lowest BCUT2D eigenvalue weighted by Crippen LogP contribution is -2.31. The average molecular weight is 548 g/mol. The second kappa shape index (κ2) is 11.3. The largest absolute Gasteiger partial charge is 0.493 e. The number of sulfone groups is 1. The van der Waals surface area contributed by atoms with Crippen LogP contribution in [0.2, 0.25) is 5.02 Å². The van der Waals surface area contributed by atoms with Crippen molar-refractivity contribution in [2.45, 2.75) is 14.1 Å². The van der Waals surface area contributed by atoms with Crippen LogP contribution in [0.4, 0.5) is 5.69 Å². The van der Waals surface area contributed by atoms with Gasteiger partial charge in [-0.05, 0) is 36.4 Å². The topological polar surface area (TPSA) is 97.4 Å². The molecular formula is C24H22ClN3O4S3. The van der Waals surface area contributed by atoms with Gasteiger partial charge in [-0.1, -0.05) is 53.7 Å². The van der Waals surface area contributed by atoms with E-state index < -0.39 is 9.84 Å². The summed E-state index contributed by atoms with van der Waals surface area (Å²) in [6.07, 6.45) is 0. The molecule has 7 nitrogen and oxygen atoms in total. The van der Waals surface area contributed by atoms with Crippen LogP contribution >= 0.6 is 34.7 Å². The minimum atomic E-state index is -3.88. The summed E-state index contributed by atoms with van der Waals surface area (Å²) in [5.74, 6) is 0.521. The molecule has 182 valence electrons. The van der Waals surface area contributed by atoms with Gasteiger partial charge in [0, 0.05) is 17.3 Å². The van der Waals surface area contributed by atoms with Crippen LogP contribution in [0, 0.1) is 0 Å². The molecule has 0 aliphatic carbocycles. The smallest absolute Gasteiger partial charge is 0.239 e. The summed E-state index contributed by atoms with van der Waals surface area (Å²) in [4.78, 5) is 17.0. The fraction of sp³-hybridized carbons (Fsp3) is 0.167. The summed E-state index contributed by atoms with van der Waals surface area (Å²) in [5.41, 5.74) is 1.28. The Morgan fingerprint density at radius 2 is 1.86 bits per heavy atom. The molecule has 0 unspecified atom stereocenters. The standard InChI is InChI=1S/C24H22ClN3O4S3/c1-32-23-19(13-16(25)14-21(23)35(30,31)17-7-3-2-4-8-17)27-15-22(29)26-11-12-33-24-28-18-9-5-6-10-20(18)34-24/h2-10,13-14,27H,11-12,15H2,1H3,(H,26,29). The van der Waals surface area contributed by atoms with Gasteiger partial charge in [-0.25, -0.2) is 13.4 Å². The Kier molecular flexibility index (Phi) is 8.17. The molecule has 2 N–H and O–H groups in total. The molecule has 1 aromatic heterocycles. The number of rotatable bonds is 10. The predicted molar refractivity (Wildman–Crippen MR) is 142 cm³/mol. The Morgan fingerprint density at radius 1 is 1.11 bits per heavy atom. The second-order valence-corrected chi connectivity index (χ2v) is 12.0. The van der Waals surface area contributed by atoms with Crippen LogP contribution in [0.25, 0.3) is 10.2 Å². The number of carbonyl (C=O) groups is 1. The van der Waals surface area contributed by atoms with E-state index in [2.05, 4.69) is 15.6 Å². The van der Waals surface area contributed by atoms with Gasteiger partial charge < -0.3 is 15.4 Å². The van der Waals surface area contributed by atoms with Crippen LogP contribution in [0.15, 0.2) is 80.9 Å². The Morgan fingerprint density at radius 3 is 2.60 bits per heavy atom. The zero-order chi connectivity index (χ0) is 24.8. The van der Waals surface area contributed by atoms with Crippen molar-refractivity contribution in [3.63, 3.8) is 0 Å². The van der Waals surface area contributed by atoms with E-state index in [1.54, 1.807) is 41.3 Å². The highest BCUT2D eigenvalue weighted by atomic mass is 35.5. The first-order valence-electron chi connectivity index (χ1n) is 10.5. The van der Waals surface area contributed by atoms with E-state index in [0.717, 1.165) is 14.6 Å². The summed E-state index contributed by atoms with van der Waals surface area (Å²) < 4.78 is 33.8. The van der Waals surface area contributed by atoms with E-state index in [-0.39, 0.29) is 33.0 Å². The minimum Gasteiger partial charge on any atom is -0.493 e. The molecule has 4 aromatic rings. The van der Waals surface area contributed by atoms with Crippen molar-refractivity contribution in [1.82, 2.24) is 10.3 Å². The quantitative estimate of drug-likeness (QED) is 0.210. The number of aromatic nitrogens is 1. The molecule has 35 heavy (non-hydrogen) atoms. The Hall–Kier alpha value is -2.79. The zero-order valence-corrected chi connectivity index (χ0v) is 21.9. The van der Waals surface area contributed by atoms with Crippen molar-refractivity contribution in [2.24, 2.45) is 0 Å². The number of nitrogens with zero attached hydrogens (tertiary/aromatic N) is 1. The Balaban J connectivity index is 1.36. The van der Waals surface area contributed by atoms with Gasteiger partial charge in [-0.2, -0.15) is 0 Å². The third-order valence-corrected chi connectivity index (χ3v) is 9.10. The molecular weight excluding hydrogens is 526 g/mol. The van der Waals surface area contributed by atoms with Crippen molar-refractivity contribution in [2.75, 3.05) is 31.3 Å². The first kappa shape index (κ1) is 25.3. The number of anilines is 1. The van der Waals surface area contributed by atoms with Gasteiger partial charge >= 0.3 is 0 Å². The summed E-state index contributed by atoms with van der Waals surface area (Å²) in [6.45, 7) is 0.384. The van der Waals surface area contributed by atoms with Crippen LogP contribution < -0.4 is 15.4 Å². The Labute approximate surface area is 216 Å². The number of hydrogen-bond acceptors (Lipinski definition) is 8. The summed E-state index contributed by atoms with van der Waals surface area (Å²) in [5, 5.41) is 5.99. The molecule has 1 amide bonds. The highest BCUT2D eigenvalue weighted by Gasteiger charge is 2.25. The molecule has 0 bridgehead atoms. The van der Waals surface area contributed by atoms with Crippen molar-refractivity contribution in [3.8, 4) is 5.75 Å². The molecule has 0 saturated heterocycles. The number of ether oxygens (including phenoxy) is 1. The average Bonchev–Trinajstić information content (AvgIpc) is 3.28. The highest BCUT2D eigenvalue weighted by Crippen LogP contribution is 2.38. The molecule has 0 fully saturated rings. The maximum absolute atomic E-state index is 13.2. The number of thiazole rings is 1. The molecule has 0 spiro atoms. The maximum atomic E-state index is 13.2. The number of halogens is 1. The van der Waals surface area contributed by atoms with E-state index in [0.29, 0.717) is 18.0 Å². The molecule has 0 aliphatic rings.